The molecule has 78 valence electrons. The summed E-state index contributed by atoms with van der Waals surface area (Å²) >= 11 is 0. The van der Waals surface area contributed by atoms with Crippen LogP contribution in [0.3, 0.4) is 0 Å². The van der Waals surface area contributed by atoms with Crippen LogP contribution in [0.1, 0.15) is 36.9 Å². The third-order valence-corrected chi connectivity index (χ3v) is 3.45. The van der Waals surface area contributed by atoms with Crippen LogP contribution in [0.2, 0.25) is 0 Å². The smallest absolute Gasteiger partial charge is 0.132 e. The molecule has 1 aromatic heterocycles. The highest BCUT2D eigenvalue weighted by Crippen LogP contribution is 2.37. The van der Waals surface area contributed by atoms with E-state index in [1.165, 1.54) is 24.1 Å². The van der Waals surface area contributed by atoms with E-state index >= 15 is 0 Å². The Hall–Kier alpha value is -1.31. The zero-order chi connectivity index (χ0) is 10.4. The second kappa shape index (κ2) is 3.09. The molecule has 1 nitrogen and oxygen atoms in total. The van der Waals surface area contributed by atoms with E-state index in [0.717, 1.165) is 17.3 Å². The van der Waals surface area contributed by atoms with E-state index in [1.807, 2.05) is 6.07 Å². The molecule has 1 aromatic carbocycles. The monoisotopic (exact) mass is 203 g/mol. The topological polar surface area (TPSA) is 15.8 Å². The minimum Gasteiger partial charge on any atom is -0.358 e. The maximum atomic E-state index is 13.8. The minimum atomic E-state index is -0.0845. The Labute approximate surface area is 88.3 Å². The number of fused-ring (bicyclic) bond motifs is 3. The van der Waals surface area contributed by atoms with Gasteiger partial charge in [0, 0.05) is 16.6 Å². The van der Waals surface area contributed by atoms with Crippen molar-refractivity contribution in [2.75, 3.05) is 0 Å². The van der Waals surface area contributed by atoms with E-state index in [4.69, 9.17) is 0 Å². The van der Waals surface area contributed by atoms with E-state index in [1.54, 1.807) is 12.1 Å². The van der Waals surface area contributed by atoms with Crippen LogP contribution in [0.25, 0.3) is 10.9 Å². The first-order valence-electron chi connectivity index (χ1n) is 5.56. The highest BCUT2D eigenvalue weighted by Gasteiger charge is 2.22. The predicted octanol–water partition coefficient (Wildman–Crippen LogP) is 3.75. The van der Waals surface area contributed by atoms with Crippen molar-refractivity contribution in [1.29, 1.82) is 0 Å². The number of H-pyrrole nitrogens is 1. The van der Waals surface area contributed by atoms with Gasteiger partial charge in [-0.1, -0.05) is 13.0 Å². The molecule has 0 spiro atoms. The van der Waals surface area contributed by atoms with Crippen LogP contribution in [0, 0.1) is 5.82 Å². The van der Waals surface area contributed by atoms with Crippen molar-refractivity contribution in [3.8, 4) is 0 Å². The molecule has 0 bridgehead atoms. The van der Waals surface area contributed by atoms with Crippen LogP contribution >= 0.6 is 0 Å². The lowest BCUT2D eigenvalue weighted by Gasteiger charge is -2.18. The summed E-state index contributed by atoms with van der Waals surface area (Å²) < 4.78 is 13.8. The molecule has 0 unspecified atom stereocenters. The Kier molecular flexibility index (Phi) is 1.84. The predicted molar refractivity (Wildman–Crippen MR) is 59.6 cm³/mol. The average molecular weight is 203 g/mol. The Balaban J connectivity index is 2.38. The van der Waals surface area contributed by atoms with Crippen LogP contribution in [0.15, 0.2) is 18.2 Å². The third-order valence-electron chi connectivity index (χ3n) is 3.45. The van der Waals surface area contributed by atoms with E-state index in [0.29, 0.717) is 5.92 Å². The van der Waals surface area contributed by atoms with Crippen molar-refractivity contribution in [2.24, 2.45) is 0 Å². The largest absolute Gasteiger partial charge is 0.358 e. The standard InChI is InChI=1S/C13H14FN/c1-8-4-2-6-10-12(8)13-9(14)5-3-7-11(13)15-10/h3,5,7-8,15H,2,4,6H2,1H3/t8-/m0/s1. The van der Waals surface area contributed by atoms with Crippen LogP contribution in [0.4, 0.5) is 4.39 Å². The summed E-state index contributed by atoms with van der Waals surface area (Å²) in [4.78, 5) is 3.35. The summed E-state index contributed by atoms with van der Waals surface area (Å²) in [5.74, 6) is 0.401. The van der Waals surface area contributed by atoms with Crippen molar-refractivity contribution in [1.82, 2.24) is 4.98 Å². The molecule has 2 aromatic rings. The summed E-state index contributed by atoms with van der Waals surface area (Å²) in [6.45, 7) is 2.19. The fraction of sp³-hybridized carbons (Fsp3) is 0.385. The molecule has 3 rings (SSSR count). The number of aromatic nitrogens is 1. The fourth-order valence-electron chi connectivity index (χ4n) is 2.75. The van der Waals surface area contributed by atoms with Crippen LogP contribution in [0.5, 0.6) is 0 Å². The van der Waals surface area contributed by atoms with E-state index in [2.05, 4.69) is 11.9 Å². The molecular formula is C13H14FN. The van der Waals surface area contributed by atoms with Crippen molar-refractivity contribution in [2.45, 2.75) is 32.1 Å². The summed E-state index contributed by atoms with van der Waals surface area (Å²) in [6.07, 6.45) is 3.45. The second-order valence-corrected chi connectivity index (χ2v) is 4.47. The number of halogens is 1. The van der Waals surface area contributed by atoms with Gasteiger partial charge in [-0.15, -0.1) is 0 Å². The molecule has 1 aliphatic carbocycles. The number of hydrogen-bond donors (Lipinski definition) is 1. The first kappa shape index (κ1) is 8.96. The van der Waals surface area contributed by atoms with Gasteiger partial charge in [-0.05, 0) is 42.9 Å². The summed E-state index contributed by atoms with van der Waals surface area (Å²) in [6, 6.07) is 5.28. The number of nitrogens with one attached hydrogen (secondary N) is 1. The summed E-state index contributed by atoms with van der Waals surface area (Å²) in [5.41, 5.74) is 3.41. The maximum absolute atomic E-state index is 13.8. The molecule has 1 N–H and O–H groups in total. The third kappa shape index (κ3) is 1.21. The van der Waals surface area contributed by atoms with Gasteiger partial charge < -0.3 is 4.98 Å². The Bertz CT molecular complexity index is 512. The SMILES string of the molecule is C[C@H]1CCCc2[nH]c3cccc(F)c3c21. The van der Waals surface area contributed by atoms with Gasteiger partial charge in [0.05, 0.1) is 0 Å². The van der Waals surface area contributed by atoms with Crippen LogP contribution in [-0.2, 0) is 6.42 Å². The zero-order valence-electron chi connectivity index (χ0n) is 8.81. The lowest BCUT2D eigenvalue weighted by atomic mass is 9.86. The molecule has 0 aliphatic heterocycles. The van der Waals surface area contributed by atoms with E-state index in [9.17, 15) is 4.39 Å². The highest BCUT2D eigenvalue weighted by atomic mass is 19.1. The fourth-order valence-corrected chi connectivity index (χ4v) is 2.75. The first-order valence-corrected chi connectivity index (χ1v) is 5.56. The number of aryl methyl sites for hydroxylation is 1. The van der Waals surface area contributed by atoms with Gasteiger partial charge in [-0.25, -0.2) is 4.39 Å². The van der Waals surface area contributed by atoms with Crippen LogP contribution in [-0.4, -0.2) is 4.98 Å². The molecule has 1 heterocycles. The van der Waals surface area contributed by atoms with Gasteiger partial charge >= 0.3 is 0 Å². The molecule has 0 saturated heterocycles. The molecule has 0 fully saturated rings. The normalized spacial score (nSPS) is 20.5. The molecule has 0 radical (unpaired) electrons. The molecule has 1 aliphatic rings. The lowest BCUT2D eigenvalue weighted by Crippen LogP contribution is -2.05. The molecule has 0 saturated carbocycles. The number of aromatic amines is 1. The van der Waals surface area contributed by atoms with Gasteiger partial charge in [-0.2, -0.15) is 0 Å². The first-order chi connectivity index (χ1) is 7.27. The van der Waals surface area contributed by atoms with Crippen molar-refractivity contribution in [3.63, 3.8) is 0 Å². The van der Waals surface area contributed by atoms with Crippen LogP contribution < -0.4 is 0 Å². The molecular weight excluding hydrogens is 189 g/mol. The van der Waals surface area contributed by atoms with E-state index in [-0.39, 0.29) is 5.82 Å². The maximum Gasteiger partial charge on any atom is 0.132 e. The van der Waals surface area contributed by atoms with Gasteiger partial charge in [0.15, 0.2) is 0 Å². The van der Waals surface area contributed by atoms with E-state index < -0.39 is 0 Å². The summed E-state index contributed by atoms with van der Waals surface area (Å²) in [7, 11) is 0. The average Bonchev–Trinajstić information content (AvgIpc) is 2.58. The van der Waals surface area contributed by atoms with Gasteiger partial charge in [-0.3, -0.25) is 0 Å². The van der Waals surface area contributed by atoms with Crippen molar-refractivity contribution in [3.05, 3.63) is 35.3 Å². The number of benzene rings is 1. The molecule has 0 amide bonds. The van der Waals surface area contributed by atoms with Gasteiger partial charge in [0.2, 0.25) is 0 Å². The Morgan fingerprint density at radius 2 is 2.27 bits per heavy atom. The lowest BCUT2D eigenvalue weighted by molar-refractivity contribution is 0.584. The van der Waals surface area contributed by atoms with Gasteiger partial charge in [0.1, 0.15) is 5.82 Å². The zero-order valence-corrected chi connectivity index (χ0v) is 8.81. The number of rotatable bonds is 0. The minimum absolute atomic E-state index is 0.0845. The van der Waals surface area contributed by atoms with Crippen molar-refractivity contribution < 1.29 is 4.39 Å². The Morgan fingerprint density at radius 1 is 1.40 bits per heavy atom. The van der Waals surface area contributed by atoms with Crippen molar-refractivity contribution >= 4 is 10.9 Å². The second-order valence-electron chi connectivity index (χ2n) is 4.47. The highest BCUT2D eigenvalue weighted by molar-refractivity contribution is 5.86. The Morgan fingerprint density at radius 3 is 3.13 bits per heavy atom. The molecule has 1 atom stereocenters. The number of hydrogen-bond acceptors (Lipinski definition) is 0. The summed E-state index contributed by atoms with van der Waals surface area (Å²) in [5, 5.41) is 0.819. The molecule has 15 heavy (non-hydrogen) atoms. The quantitative estimate of drug-likeness (QED) is 0.671. The van der Waals surface area contributed by atoms with Gasteiger partial charge in [0.25, 0.3) is 0 Å². The molecule has 2 heteroatoms.